The van der Waals surface area contributed by atoms with Crippen molar-refractivity contribution in [2.75, 3.05) is 11.4 Å². The van der Waals surface area contributed by atoms with Gasteiger partial charge in [-0.1, -0.05) is 6.92 Å². The van der Waals surface area contributed by atoms with E-state index < -0.39 is 16.6 Å². The molecule has 0 aliphatic rings. The van der Waals surface area contributed by atoms with Crippen molar-refractivity contribution in [3.63, 3.8) is 0 Å². The van der Waals surface area contributed by atoms with Gasteiger partial charge in [0.2, 0.25) is 0 Å². The highest BCUT2D eigenvalue weighted by molar-refractivity contribution is 9.10. The first-order valence-electron chi connectivity index (χ1n) is 7.43. The molecule has 1 amide bonds. The number of Topliss-reactive ketones (excluding diaryl/α,β-unsaturated/α-hetero) is 1. The van der Waals surface area contributed by atoms with Gasteiger partial charge in [-0.3, -0.25) is 19.8 Å². The van der Waals surface area contributed by atoms with Gasteiger partial charge in [-0.15, -0.1) is 0 Å². The summed E-state index contributed by atoms with van der Waals surface area (Å²) in [6.45, 7) is 8.12. The van der Waals surface area contributed by atoms with Gasteiger partial charge in [0.05, 0.1) is 11.5 Å². The lowest BCUT2D eigenvalue weighted by atomic mass is 10.1. The van der Waals surface area contributed by atoms with Crippen molar-refractivity contribution in [1.82, 2.24) is 0 Å². The zero-order valence-electron chi connectivity index (χ0n) is 14.4. The van der Waals surface area contributed by atoms with Crippen LogP contribution in [0.15, 0.2) is 16.6 Å². The Morgan fingerprint density at radius 2 is 1.92 bits per heavy atom. The Morgan fingerprint density at radius 3 is 2.38 bits per heavy atom. The fourth-order valence-electron chi connectivity index (χ4n) is 1.96. The van der Waals surface area contributed by atoms with Gasteiger partial charge in [0.1, 0.15) is 11.3 Å². The Kier molecular flexibility index (Phi) is 6.48. The third-order valence-corrected chi connectivity index (χ3v) is 3.60. The number of halogens is 1. The molecule has 7 nitrogen and oxygen atoms in total. The number of carbonyl (C=O) groups excluding carboxylic acids is 2. The fraction of sp³-hybridized carbons (Fsp3) is 0.500. The number of ether oxygens (including phenoxy) is 1. The van der Waals surface area contributed by atoms with Crippen LogP contribution >= 0.6 is 15.9 Å². The molecule has 8 heteroatoms. The van der Waals surface area contributed by atoms with Gasteiger partial charge in [0, 0.05) is 17.0 Å². The van der Waals surface area contributed by atoms with Crippen molar-refractivity contribution in [2.24, 2.45) is 0 Å². The number of ketones is 1. The lowest BCUT2D eigenvalue weighted by Gasteiger charge is -2.27. The van der Waals surface area contributed by atoms with Crippen LogP contribution in [0.5, 0.6) is 0 Å². The van der Waals surface area contributed by atoms with Gasteiger partial charge in [-0.2, -0.15) is 0 Å². The Labute approximate surface area is 149 Å². The SMILES string of the molecule is CCC(=O)CN(C(=O)OC(C)(C)C)c1c(Br)cc(C)cc1[N+](=O)[O-]. The lowest BCUT2D eigenvalue weighted by Crippen LogP contribution is -2.40. The fourth-order valence-corrected chi connectivity index (χ4v) is 2.74. The van der Waals surface area contributed by atoms with E-state index in [1.54, 1.807) is 40.7 Å². The molecule has 0 saturated carbocycles. The summed E-state index contributed by atoms with van der Waals surface area (Å²) in [6, 6.07) is 3.00. The van der Waals surface area contributed by atoms with Crippen molar-refractivity contribution in [1.29, 1.82) is 0 Å². The first-order valence-corrected chi connectivity index (χ1v) is 8.22. The Bertz CT molecular complexity index is 667. The smallest absolute Gasteiger partial charge is 0.415 e. The van der Waals surface area contributed by atoms with Crippen LogP contribution in [0, 0.1) is 17.0 Å². The van der Waals surface area contributed by atoms with Gasteiger partial charge >= 0.3 is 6.09 Å². The van der Waals surface area contributed by atoms with E-state index in [1.807, 2.05) is 0 Å². The number of anilines is 1. The molecular weight excluding hydrogens is 380 g/mol. The maximum atomic E-state index is 12.5. The second kappa shape index (κ2) is 7.74. The van der Waals surface area contributed by atoms with Gasteiger partial charge in [-0.25, -0.2) is 4.79 Å². The summed E-state index contributed by atoms with van der Waals surface area (Å²) < 4.78 is 5.66. The van der Waals surface area contributed by atoms with E-state index in [4.69, 9.17) is 4.74 Å². The van der Waals surface area contributed by atoms with Crippen LogP contribution in [-0.4, -0.2) is 28.9 Å². The highest BCUT2D eigenvalue weighted by Gasteiger charge is 2.32. The minimum atomic E-state index is -0.808. The van der Waals surface area contributed by atoms with Crippen LogP contribution in [0.25, 0.3) is 0 Å². The summed E-state index contributed by atoms with van der Waals surface area (Å²) in [5.74, 6) is -0.234. The molecule has 1 rings (SSSR count). The number of nitrogens with zero attached hydrogens (tertiary/aromatic N) is 2. The number of hydrogen-bond acceptors (Lipinski definition) is 5. The number of hydrogen-bond donors (Lipinski definition) is 0. The van der Waals surface area contributed by atoms with E-state index in [0.717, 1.165) is 4.90 Å². The molecule has 0 N–H and O–H groups in total. The minimum Gasteiger partial charge on any atom is -0.443 e. The number of rotatable bonds is 5. The average molecular weight is 401 g/mol. The Balaban J connectivity index is 3.47. The van der Waals surface area contributed by atoms with Crippen LogP contribution in [0.4, 0.5) is 16.2 Å². The number of nitro benzene ring substituents is 1. The molecule has 0 aromatic heterocycles. The Hall–Kier alpha value is -1.96. The molecule has 24 heavy (non-hydrogen) atoms. The first-order chi connectivity index (χ1) is 11.0. The van der Waals surface area contributed by atoms with Gasteiger partial charge in [-0.05, 0) is 55.3 Å². The summed E-state index contributed by atoms with van der Waals surface area (Å²) in [5, 5.41) is 11.4. The molecular formula is C16H21BrN2O5. The minimum absolute atomic E-state index is 0.0154. The second-order valence-electron chi connectivity index (χ2n) is 6.33. The summed E-state index contributed by atoms with van der Waals surface area (Å²) >= 11 is 3.26. The van der Waals surface area contributed by atoms with Crippen molar-refractivity contribution in [3.05, 3.63) is 32.3 Å². The van der Waals surface area contributed by atoms with E-state index in [2.05, 4.69) is 15.9 Å². The summed E-state index contributed by atoms with van der Waals surface area (Å²) in [5.41, 5.74) is -0.391. The normalized spacial score (nSPS) is 11.1. The number of benzene rings is 1. The summed E-state index contributed by atoms with van der Waals surface area (Å²) in [7, 11) is 0. The van der Waals surface area contributed by atoms with Crippen LogP contribution in [0.3, 0.4) is 0 Å². The molecule has 0 atom stereocenters. The molecule has 132 valence electrons. The third-order valence-electron chi connectivity index (χ3n) is 3.00. The molecule has 0 radical (unpaired) electrons. The first kappa shape index (κ1) is 20.1. The number of amides is 1. The molecule has 1 aromatic rings. The molecule has 0 aliphatic heterocycles. The lowest BCUT2D eigenvalue weighted by molar-refractivity contribution is -0.384. The maximum Gasteiger partial charge on any atom is 0.415 e. The topological polar surface area (TPSA) is 89.8 Å². The van der Waals surface area contributed by atoms with Crippen molar-refractivity contribution in [2.45, 2.75) is 46.6 Å². The van der Waals surface area contributed by atoms with Gasteiger partial charge < -0.3 is 4.74 Å². The quantitative estimate of drug-likeness (QED) is 0.539. The van der Waals surface area contributed by atoms with Crippen LogP contribution in [0.1, 0.15) is 39.7 Å². The monoisotopic (exact) mass is 400 g/mol. The molecule has 0 spiro atoms. The standard InChI is InChI=1S/C16H21BrN2O5/c1-6-11(20)9-18(15(21)24-16(3,4)5)14-12(17)7-10(2)8-13(14)19(22)23/h7-8H,6,9H2,1-5H3. The number of aryl methyl sites for hydroxylation is 1. The van der Waals surface area contributed by atoms with Crippen LogP contribution in [-0.2, 0) is 9.53 Å². The highest BCUT2D eigenvalue weighted by atomic mass is 79.9. The Morgan fingerprint density at radius 1 is 1.33 bits per heavy atom. The average Bonchev–Trinajstić information content (AvgIpc) is 2.42. The van der Waals surface area contributed by atoms with E-state index >= 15 is 0 Å². The number of carbonyl (C=O) groups is 2. The van der Waals surface area contributed by atoms with Crippen LogP contribution < -0.4 is 4.90 Å². The molecule has 0 saturated heterocycles. The summed E-state index contributed by atoms with van der Waals surface area (Å²) in [6.07, 6.45) is -0.603. The molecule has 0 unspecified atom stereocenters. The predicted octanol–water partition coefficient (Wildman–Crippen LogP) is 4.39. The molecule has 0 aliphatic carbocycles. The van der Waals surface area contributed by atoms with Crippen LogP contribution in [0.2, 0.25) is 0 Å². The van der Waals surface area contributed by atoms with E-state index in [1.165, 1.54) is 6.07 Å². The largest absolute Gasteiger partial charge is 0.443 e. The molecule has 0 heterocycles. The maximum absolute atomic E-state index is 12.5. The third kappa shape index (κ3) is 5.30. The zero-order valence-corrected chi connectivity index (χ0v) is 16.0. The van der Waals surface area contributed by atoms with E-state index in [9.17, 15) is 19.7 Å². The van der Waals surface area contributed by atoms with Gasteiger partial charge in [0.25, 0.3) is 5.69 Å². The van der Waals surface area contributed by atoms with Crippen molar-refractivity contribution < 1.29 is 19.2 Å². The van der Waals surface area contributed by atoms with E-state index in [-0.39, 0.29) is 30.1 Å². The molecule has 1 aromatic carbocycles. The zero-order chi connectivity index (χ0) is 18.7. The highest BCUT2D eigenvalue weighted by Crippen LogP contribution is 2.37. The molecule has 0 bridgehead atoms. The summed E-state index contributed by atoms with van der Waals surface area (Å²) in [4.78, 5) is 36.3. The van der Waals surface area contributed by atoms with Crippen molar-refractivity contribution >= 4 is 39.2 Å². The predicted molar refractivity (Wildman–Crippen MR) is 94.4 cm³/mol. The van der Waals surface area contributed by atoms with Gasteiger partial charge in [0.15, 0.2) is 5.78 Å². The van der Waals surface area contributed by atoms with E-state index in [0.29, 0.717) is 10.0 Å². The van der Waals surface area contributed by atoms with Crippen molar-refractivity contribution in [3.8, 4) is 0 Å². The molecule has 0 fully saturated rings. The number of nitro groups is 1. The second-order valence-corrected chi connectivity index (χ2v) is 7.18.